The molecule has 2 N–H and O–H groups in total. The van der Waals surface area contributed by atoms with Gasteiger partial charge in [0.05, 0.1) is 32.9 Å². The van der Waals surface area contributed by atoms with Gasteiger partial charge in [0.15, 0.2) is 0 Å². The van der Waals surface area contributed by atoms with Gasteiger partial charge in [-0.3, -0.25) is 0 Å². The molecular formula is C13H20N2O3. The lowest BCUT2D eigenvalue weighted by Gasteiger charge is -2.27. The van der Waals surface area contributed by atoms with Crippen molar-refractivity contribution >= 4 is 0 Å². The van der Waals surface area contributed by atoms with E-state index in [0.29, 0.717) is 0 Å². The molecule has 0 aliphatic carbocycles. The van der Waals surface area contributed by atoms with Crippen LogP contribution in [0.1, 0.15) is 11.6 Å². The van der Waals surface area contributed by atoms with Crippen LogP contribution in [0, 0.1) is 0 Å². The Balaban J connectivity index is 2.41. The van der Waals surface area contributed by atoms with E-state index in [1.165, 1.54) is 0 Å². The van der Waals surface area contributed by atoms with Gasteiger partial charge >= 0.3 is 0 Å². The molecule has 100 valence electrons. The van der Waals surface area contributed by atoms with Crippen LogP contribution in [0.5, 0.6) is 17.2 Å². The molecule has 0 bridgehead atoms. The second kappa shape index (κ2) is 5.93. The third-order valence-corrected chi connectivity index (χ3v) is 3.14. The molecule has 0 spiro atoms. The van der Waals surface area contributed by atoms with Gasteiger partial charge in [0.2, 0.25) is 0 Å². The molecule has 1 heterocycles. The summed E-state index contributed by atoms with van der Waals surface area (Å²) in [4.78, 5) is 0. The van der Waals surface area contributed by atoms with Crippen LogP contribution < -0.4 is 24.8 Å². The zero-order chi connectivity index (χ0) is 13.0. The Morgan fingerprint density at radius 2 is 1.67 bits per heavy atom. The highest BCUT2D eigenvalue weighted by Gasteiger charge is 2.23. The minimum atomic E-state index is 0.189. The minimum absolute atomic E-state index is 0.189. The van der Waals surface area contributed by atoms with E-state index < -0.39 is 0 Å². The highest BCUT2D eigenvalue weighted by atomic mass is 16.5. The molecule has 5 nitrogen and oxygen atoms in total. The summed E-state index contributed by atoms with van der Waals surface area (Å²) in [6, 6.07) is 3.96. The fourth-order valence-corrected chi connectivity index (χ4v) is 2.23. The average Bonchev–Trinajstić information content (AvgIpc) is 2.46. The number of hydrogen-bond donors (Lipinski definition) is 2. The number of methoxy groups -OCH3 is 3. The lowest BCUT2D eigenvalue weighted by molar-refractivity contribution is 0.346. The summed E-state index contributed by atoms with van der Waals surface area (Å²) in [5.74, 6) is 2.30. The zero-order valence-corrected chi connectivity index (χ0v) is 11.1. The molecule has 1 aromatic carbocycles. The number of rotatable bonds is 4. The van der Waals surface area contributed by atoms with Crippen molar-refractivity contribution in [2.75, 3.05) is 41.0 Å². The monoisotopic (exact) mass is 252 g/mol. The summed E-state index contributed by atoms with van der Waals surface area (Å²) >= 11 is 0. The van der Waals surface area contributed by atoms with Crippen LogP contribution >= 0.6 is 0 Å². The molecule has 0 saturated carbocycles. The Kier molecular flexibility index (Phi) is 4.28. The molecule has 1 fully saturated rings. The van der Waals surface area contributed by atoms with Gasteiger partial charge in [-0.1, -0.05) is 0 Å². The summed E-state index contributed by atoms with van der Waals surface area (Å²) < 4.78 is 16.2. The van der Waals surface area contributed by atoms with Crippen molar-refractivity contribution in [3.63, 3.8) is 0 Å². The standard InChI is InChI=1S/C13H20N2O3/c1-16-9-6-11(17-2)13(12(7-9)18-3)10-8-14-4-5-15-10/h6-7,10,14-15H,4-5,8H2,1-3H3/t10-/m1/s1. The Bertz CT molecular complexity index is 378. The van der Waals surface area contributed by atoms with Crippen LogP contribution in [-0.4, -0.2) is 41.0 Å². The van der Waals surface area contributed by atoms with Gasteiger partial charge in [-0.2, -0.15) is 0 Å². The van der Waals surface area contributed by atoms with E-state index in [2.05, 4.69) is 10.6 Å². The number of nitrogens with one attached hydrogen (secondary N) is 2. The maximum Gasteiger partial charge on any atom is 0.131 e. The molecule has 0 amide bonds. The summed E-state index contributed by atoms with van der Waals surface area (Å²) in [5.41, 5.74) is 1.04. The predicted octanol–water partition coefficient (Wildman–Crippen LogP) is 0.946. The summed E-state index contributed by atoms with van der Waals surface area (Å²) in [6.07, 6.45) is 0. The van der Waals surface area contributed by atoms with E-state index in [1.807, 2.05) is 12.1 Å². The van der Waals surface area contributed by atoms with E-state index in [4.69, 9.17) is 14.2 Å². The molecule has 5 heteroatoms. The van der Waals surface area contributed by atoms with E-state index in [1.54, 1.807) is 21.3 Å². The van der Waals surface area contributed by atoms with Gasteiger partial charge < -0.3 is 24.8 Å². The van der Waals surface area contributed by atoms with Crippen LogP contribution in [0.3, 0.4) is 0 Å². The Morgan fingerprint density at radius 1 is 1.00 bits per heavy atom. The summed E-state index contributed by atoms with van der Waals surface area (Å²) in [5, 5.41) is 6.82. The first-order valence-corrected chi connectivity index (χ1v) is 6.04. The Labute approximate surface area is 107 Å². The topological polar surface area (TPSA) is 51.8 Å². The molecule has 1 saturated heterocycles. The molecule has 1 aromatic rings. The molecule has 0 radical (unpaired) electrons. The molecule has 2 rings (SSSR count). The van der Waals surface area contributed by atoms with Crippen molar-refractivity contribution in [1.82, 2.24) is 10.6 Å². The lowest BCUT2D eigenvalue weighted by atomic mass is 10.0. The quantitative estimate of drug-likeness (QED) is 0.835. The Morgan fingerprint density at radius 3 is 2.11 bits per heavy atom. The highest BCUT2D eigenvalue weighted by Crippen LogP contribution is 2.38. The first-order chi connectivity index (χ1) is 8.80. The maximum atomic E-state index is 5.46. The highest BCUT2D eigenvalue weighted by molar-refractivity contribution is 5.52. The number of hydrogen-bond acceptors (Lipinski definition) is 5. The van der Waals surface area contributed by atoms with Crippen molar-refractivity contribution < 1.29 is 14.2 Å². The molecule has 18 heavy (non-hydrogen) atoms. The minimum Gasteiger partial charge on any atom is -0.496 e. The molecule has 1 atom stereocenters. The van der Waals surface area contributed by atoms with Crippen LogP contribution in [0.4, 0.5) is 0 Å². The van der Waals surface area contributed by atoms with Gasteiger partial charge in [-0.25, -0.2) is 0 Å². The van der Waals surface area contributed by atoms with Gasteiger partial charge in [-0.05, 0) is 0 Å². The first kappa shape index (κ1) is 13.0. The zero-order valence-electron chi connectivity index (χ0n) is 11.1. The molecule has 0 aromatic heterocycles. The third-order valence-electron chi connectivity index (χ3n) is 3.14. The Hall–Kier alpha value is -1.46. The van der Waals surface area contributed by atoms with E-state index in [0.717, 1.165) is 42.4 Å². The van der Waals surface area contributed by atoms with Gasteiger partial charge in [0, 0.05) is 31.8 Å². The smallest absolute Gasteiger partial charge is 0.131 e. The van der Waals surface area contributed by atoms with E-state index in [-0.39, 0.29) is 6.04 Å². The molecule has 1 aliphatic heterocycles. The number of ether oxygens (including phenoxy) is 3. The van der Waals surface area contributed by atoms with Gasteiger partial charge in [0.1, 0.15) is 17.2 Å². The van der Waals surface area contributed by atoms with Crippen LogP contribution in [0.2, 0.25) is 0 Å². The van der Waals surface area contributed by atoms with Crippen LogP contribution in [-0.2, 0) is 0 Å². The normalized spacial score (nSPS) is 19.4. The largest absolute Gasteiger partial charge is 0.496 e. The predicted molar refractivity (Wildman–Crippen MR) is 69.7 cm³/mol. The summed E-state index contributed by atoms with van der Waals surface area (Å²) in [6.45, 7) is 2.78. The van der Waals surface area contributed by atoms with Crippen LogP contribution in [0.25, 0.3) is 0 Å². The SMILES string of the molecule is COc1cc(OC)c([C@H]2CNCCN2)c(OC)c1. The van der Waals surface area contributed by atoms with Crippen molar-refractivity contribution in [3.05, 3.63) is 17.7 Å². The third kappa shape index (κ3) is 2.52. The second-order valence-corrected chi connectivity index (χ2v) is 4.16. The van der Waals surface area contributed by atoms with Crippen LogP contribution in [0.15, 0.2) is 12.1 Å². The number of piperazine rings is 1. The fraction of sp³-hybridized carbons (Fsp3) is 0.538. The second-order valence-electron chi connectivity index (χ2n) is 4.16. The van der Waals surface area contributed by atoms with Crippen molar-refractivity contribution in [2.24, 2.45) is 0 Å². The van der Waals surface area contributed by atoms with Crippen molar-refractivity contribution in [3.8, 4) is 17.2 Å². The average molecular weight is 252 g/mol. The summed E-state index contributed by atoms with van der Waals surface area (Å²) in [7, 11) is 4.95. The first-order valence-electron chi connectivity index (χ1n) is 6.04. The molecule has 1 aliphatic rings. The fourth-order valence-electron chi connectivity index (χ4n) is 2.23. The number of benzene rings is 1. The van der Waals surface area contributed by atoms with Crippen molar-refractivity contribution in [2.45, 2.75) is 6.04 Å². The molecule has 0 unspecified atom stereocenters. The van der Waals surface area contributed by atoms with Gasteiger partial charge in [0.25, 0.3) is 0 Å². The van der Waals surface area contributed by atoms with E-state index in [9.17, 15) is 0 Å². The van der Waals surface area contributed by atoms with Gasteiger partial charge in [-0.15, -0.1) is 0 Å². The van der Waals surface area contributed by atoms with Crippen molar-refractivity contribution in [1.29, 1.82) is 0 Å². The molecular weight excluding hydrogens is 232 g/mol. The van der Waals surface area contributed by atoms with E-state index >= 15 is 0 Å². The maximum absolute atomic E-state index is 5.46. The lowest BCUT2D eigenvalue weighted by Crippen LogP contribution is -2.42.